The van der Waals surface area contributed by atoms with E-state index in [9.17, 15) is 13.2 Å². The number of nitrogens with one attached hydrogen (secondary N) is 2. The standard InChI is InChI=1S/C19H29N3O3S2/c1-15-13-19(23)21-17-14-16(7-8-18(17)26-15)27(24,25)20-9-6-12-22-10-4-2-3-5-11-22/h7-8,14-15,20H,2-6,9-13H2,1H3,(H,21,23)/t15-/m1/s1. The van der Waals surface area contributed by atoms with E-state index in [0.29, 0.717) is 18.7 Å². The Morgan fingerprint density at radius 1 is 1.22 bits per heavy atom. The van der Waals surface area contributed by atoms with Gasteiger partial charge in [-0.05, 0) is 57.1 Å². The molecular weight excluding hydrogens is 382 g/mol. The number of thioether (sulfide) groups is 1. The number of anilines is 1. The third-order valence-electron chi connectivity index (χ3n) is 4.98. The van der Waals surface area contributed by atoms with E-state index in [1.54, 1.807) is 30.0 Å². The molecule has 0 saturated carbocycles. The van der Waals surface area contributed by atoms with Gasteiger partial charge in [0.1, 0.15) is 0 Å². The quantitative estimate of drug-likeness (QED) is 0.704. The molecule has 0 aromatic heterocycles. The summed E-state index contributed by atoms with van der Waals surface area (Å²) in [5.41, 5.74) is 0.585. The molecule has 1 atom stereocenters. The highest BCUT2D eigenvalue weighted by atomic mass is 32.2. The van der Waals surface area contributed by atoms with Crippen LogP contribution < -0.4 is 10.0 Å². The molecule has 2 aliphatic heterocycles. The van der Waals surface area contributed by atoms with Crippen LogP contribution in [0.2, 0.25) is 0 Å². The van der Waals surface area contributed by atoms with Crippen LogP contribution in [-0.2, 0) is 14.8 Å². The van der Waals surface area contributed by atoms with Crippen molar-refractivity contribution in [3.05, 3.63) is 18.2 Å². The number of hydrogen-bond donors (Lipinski definition) is 2. The minimum absolute atomic E-state index is 0.0753. The normalized spacial score (nSPS) is 21.8. The predicted octanol–water partition coefficient (Wildman–Crippen LogP) is 3.05. The zero-order valence-corrected chi connectivity index (χ0v) is 17.5. The van der Waals surface area contributed by atoms with Crippen molar-refractivity contribution in [2.45, 2.75) is 60.5 Å². The maximum absolute atomic E-state index is 12.6. The number of hydrogen-bond acceptors (Lipinski definition) is 5. The van der Waals surface area contributed by atoms with Crippen molar-refractivity contribution in [1.82, 2.24) is 9.62 Å². The monoisotopic (exact) mass is 411 g/mol. The summed E-state index contributed by atoms with van der Waals surface area (Å²) in [6.45, 7) is 5.59. The second-order valence-electron chi connectivity index (χ2n) is 7.35. The molecule has 8 heteroatoms. The third-order valence-corrected chi connectivity index (χ3v) is 7.62. The van der Waals surface area contributed by atoms with E-state index < -0.39 is 10.0 Å². The summed E-state index contributed by atoms with van der Waals surface area (Å²) in [5.74, 6) is -0.0753. The minimum Gasteiger partial charge on any atom is -0.325 e. The molecule has 27 heavy (non-hydrogen) atoms. The van der Waals surface area contributed by atoms with Gasteiger partial charge < -0.3 is 10.2 Å². The fraction of sp³-hybridized carbons (Fsp3) is 0.632. The van der Waals surface area contributed by atoms with Crippen LogP contribution in [0.25, 0.3) is 0 Å². The number of sulfonamides is 1. The molecule has 3 rings (SSSR count). The van der Waals surface area contributed by atoms with Crippen molar-refractivity contribution in [3.63, 3.8) is 0 Å². The number of carbonyl (C=O) groups is 1. The third kappa shape index (κ3) is 5.94. The van der Waals surface area contributed by atoms with E-state index in [2.05, 4.69) is 14.9 Å². The summed E-state index contributed by atoms with van der Waals surface area (Å²) in [5, 5.41) is 2.99. The van der Waals surface area contributed by atoms with E-state index in [4.69, 9.17) is 0 Å². The van der Waals surface area contributed by atoms with Gasteiger partial charge in [-0.15, -0.1) is 11.8 Å². The van der Waals surface area contributed by atoms with E-state index in [0.717, 1.165) is 31.0 Å². The Labute approximate surface area is 166 Å². The summed E-state index contributed by atoms with van der Waals surface area (Å²) < 4.78 is 27.9. The SMILES string of the molecule is C[C@@H]1CC(=O)Nc2cc(S(=O)(=O)NCCCN3CCCCCC3)ccc2S1. The zero-order valence-electron chi connectivity index (χ0n) is 15.9. The summed E-state index contributed by atoms with van der Waals surface area (Å²) in [4.78, 5) is 15.4. The average Bonchev–Trinajstić information content (AvgIpc) is 2.95. The Morgan fingerprint density at radius 2 is 1.96 bits per heavy atom. The smallest absolute Gasteiger partial charge is 0.240 e. The topological polar surface area (TPSA) is 78.5 Å². The van der Waals surface area contributed by atoms with Gasteiger partial charge >= 0.3 is 0 Å². The summed E-state index contributed by atoms with van der Waals surface area (Å²) in [6.07, 6.45) is 6.31. The molecule has 1 aromatic carbocycles. The molecule has 0 radical (unpaired) electrons. The number of carbonyl (C=O) groups excluding carboxylic acids is 1. The number of benzene rings is 1. The van der Waals surface area contributed by atoms with Crippen molar-refractivity contribution in [2.75, 3.05) is 31.5 Å². The molecule has 2 N–H and O–H groups in total. The zero-order chi connectivity index (χ0) is 19.3. The lowest BCUT2D eigenvalue weighted by Crippen LogP contribution is -2.30. The average molecular weight is 412 g/mol. The maximum atomic E-state index is 12.6. The van der Waals surface area contributed by atoms with Gasteiger partial charge in [-0.1, -0.05) is 19.8 Å². The van der Waals surface area contributed by atoms with Crippen molar-refractivity contribution in [2.24, 2.45) is 0 Å². The largest absolute Gasteiger partial charge is 0.325 e. The Balaban J connectivity index is 1.57. The van der Waals surface area contributed by atoms with Crippen LogP contribution in [0, 0.1) is 0 Å². The predicted molar refractivity (Wildman–Crippen MR) is 110 cm³/mol. The fourth-order valence-corrected chi connectivity index (χ4v) is 5.70. The van der Waals surface area contributed by atoms with E-state index in [-0.39, 0.29) is 16.1 Å². The first-order valence-corrected chi connectivity index (χ1v) is 12.1. The van der Waals surface area contributed by atoms with Gasteiger partial charge in [0.05, 0.1) is 10.6 Å². The Hall–Kier alpha value is -1.09. The lowest BCUT2D eigenvalue weighted by atomic mass is 10.2. The summed E-state index contributed by atoms with van der Waals surface area (Å²) in [6, 6.07) is 4.97. The molecule has 150 valence electrons. The molecule has 0 spiro atoms. The molecule has 2 aliphatic rings. The van der Waals surface area contributed by atoms with Gasteiger partial charge in [0.15, 0.2) is 0 Å². The van der Waals surface area contributed by atoms with Crippen molar-refractivity contribution in [1.29, 1.82) is 0 Å². The van der Waals surface area contributed by atoms with Crippen LogP contribution >= 0.6 is 11.8 Å². The molecule has 0 bridgehead atoms. The van der Waals surface area contributed by atoms with Gasteiger partial charge in [0.25, 0.3) is 0 Å². The molecule has 0 aliphatic carbocycles. The van der Waals surface area contributed by atoms with Crippen molar-refractivity contribution in [3.8, 4) is 0 Å². The number of nitrogens with zero attached hydrogens (tertiary/aromatic N) is 1. The van der Waals surface area contributed by atoms with E-state index in [1.165, 1.54) is 25.7 Å². The number of amides is 1. The van der Waals surface area contributed by atoms with Gasteiger partial charge in [0.2, 0.25) is 15.9 Å². The van der Waals surface area contributed by atoms with Crippen LogP contribution in [0.4, 0.5) is 5.69 Å². The maximum Gasteiger partial charge on any atom is 0.240 e. The highest BCUT2D eigenvalue weighted by Crippen LogP contribution is 2.36. The highest BCUT2D eigenvalue weighted by molar-refractivity contribution is 8.00. The fourth-order valence-electron chi connectivity index (χ4n) is 3.55. The van der Waals surface area contributed by atoms with Crippen LogP contribution in [0.5, 0.6) is 0 Å². The van der Waals surface area contributed by atoms with Crippen LogP contribution in [0.1, 0.15) is 45.4 Å². The van der Waals surface area contributed by atoms with Gasteiger partial charge in [0, 0.05) is 23.1 Å². The first-order chi connectivity index (χ1) is 12.9. The lowest BCUT2D eigenvalue weighted by Gasteiger charge is -2.19. The second-order valence-corrected chi connectivity index (χ2v) is 10.6. The van der Waals surface area contributed by atoms with Crippen molar-refractivity contribution >= 4 is 33.4 Å². The van der Waals surface area contributed by atoms with Crippen LogP contribution in [0.15, 0.2) is 28.0 Å². The highest BCUT2D eigenvalue weighted by Gasteiger charge is 2.22. The number of likely N-dealkylation sites (tertiary alicyclic amines) is 1. The molecule has 0 unspecified atom stereocenters. The van der Waals surface area contributed by atoms with Gasteiger partial charge in [-0.3, -0.25) is 4.79 Å². The molecule has 1 saturated heterocycles. The van der Waals surface area contributed by atoms with Crippen molar-refractivity contribution < 1.29 is 13.2 Å². The van der Waals surface area contributed by atoms with Gasteiger partial charge in [-0.2, -0.15) is 0 Å². The Bertz CT molecular complexity index is 759. The van der Waals surface area contributed by atoms with E-state index >= 15 is 0 Å². The number of rotatable bonds is 6. The molecular formula is C19H29N3O3S2. The van der Waals surface area contributed by atoms with Gasteiger partial charge in [-0.25, -0.2) is 13.1 Å². The molecule has 1 fully saturated rings. The van der Waals surface area contributed by atoms with Crippen LogP contribution in [-0.4, -0.2) is 50.7 Å². The van der Waals surface area contributed by atoms with Crippen LogP contribution in [0.3, 0.4) is 0 Å². The first kappa shape index (κ1) is 20.6. The Kier molecular flexibility index (Phi) is 7.19. The summed E-state index contributed by atoms with van der Waals surface area (Å²) in [7, 11) is -3.58. The minimum atomic E-state index is -3.58. The lowest BCUT2D eigenvalue weighted by molar-refractivity contribution is -0.116. The molecule has 1 amide bonds. The second kappa shape index (κ2) is 9.41. The Morgan fingerprint density at radius 3 is 2.70 bits per heavy atom. The first-order valence-electron chi connectivity index (χ1n) is 9.76. The molecule has 6 nitrogen and oxygen atoms in total. The number of fused-ring (bicyclic) bond motifs is 1. The van der Waals surface area contributed by atoms with E-state index in [1.807, 2.05) is 6.92 Å². The summed E-state index contributed by atoms with van der Waals surface area (Å²) >= 11 is 1.59. The molecule has 1 aromatic rings. The molecule has 2 heterocycles.